The van der Waals surface area contributed by atoms with Crippen LogP contribution in [-0.4, -0.2) is 48.4 Å². The summed E-state index contributed by atoms with van der Waals surface area (Å²) in [6, 6.07) is 9.64. The quantitative estimate of drug-likeness (QED) is 0.490. The lowest BCUT2D eigenvalue weighted by Gasteiger charge is -2.10. The largest absolute Gasteiger partial charge is 0.493 e. The van der Waals surface area contributed by atoms with Crippen LogP contribution in [0.25, 0.3) is 10.7 Å². The summed E-state index contributed by atoms with van der Waals surface area (Å²) >= 11 is 1.55. The second kappa shape index (κ2) is 10.6. The molecule has 3 aromatic rings. The first-order valence-electron chi connectivity index (χ1n) is 8.77. The lowest BCUT2D eigenvalue weighted by Crippen LogP contribution is -2.21. The highest BCUT2D eigenvalue weighted by Gasteiger charge is 2.05. The molecule has 1 aromatic carbocycles. The molecule has 2 heterocycles. The number of anilines is 2. The molecule has 0 amide bonds. The van der Waals surface area contributed by atoms with E-state index < -0.39 is 0 Å². The van der Waals surface area contributed by atoms with Gasteiger partial charge in [0.1, 0.15) is 16.5 Å². The van der Waals surface area contributed by atoms with Crippen molar-refractivity contribution >= 4 is 23.0 Å². The van der Waals surface area contributed by atoms with Gasteiger partial charge in [0.15, 0.2) is 0 Å². The van der Waals surface area contributed by atoms with Crippen molar-refractivity contribution < 1.29 is 9.47 Å². The number of benzene rings is 1. The third kappa shape index (κ3) is 6.28. The van der Waals surface area contributed by atoms with E-state index in [9.17, 15) is 0 Å². The van der Waals surface area contributed by atoms with Gasteiger partial charge < -0.3 is 20.1 Å². The van der Waals surface area contributed by atoms with Gasteiger partial charge >= 0.3 is 0 Å². The number of ether oxygens (including phenoxy) is 2. The summed E-state index contributed by atoms with van der Waals surface area (Å²) in [7, 11) is 1.70. The molecule has 7 nitrogen and oxygen atoms in total. The highest BCUT2D eigenvalue weighted by atomic mass is 32.1. The minimum atomic E-state index is 0.530. The van der Waals surface area contributed by atoms with Crippen molar-refractivity contribution in [1.82, 2.24) is 20.3 Å². The van der Waals surface area contributed by atoms with Gasteiger partial charge in [0.2, 0.25) is 5.95 Å². The van der Waals surface area contributed by atoms with Gasteiger partial charge in [0.05, 0.1) is 13.2 Å². The third-order valence-corrected chi connectivity index (χ3v) is 4.44. The average molecular weight is 385 g/mol. The topological polar surface area (TPSA) is 81.2 Å². The Morgan fingerprint density at radius 2 is 2.04 bits per heavy atom. The van der Waals surface area contributed by atoms with Gasteiger partial charge in [-0.25, -0.2) is 15.0 Å². The summed E-state index contributed by atoms with van der Waals surface area (Å²) in [6.07, 6.45) is 4.42. The maximum Gasteiger partial charge on any atom is 0.227 e. The molecule has 0 saturated carbocycles. The number of nitrogens with zero attached hydrogens (tertiary/aromatic N) is 3. The van der Waals surface area contributed by atoms with Crippen LogP contribution in [0.5, 0.6) is 5.75 Å². The molecule has 0 atom stereocenters. The van der Waals surface area contributed by atoms with Gasteiger partial charge in [-0.3, -0.25) is 0 Å². The van der Waals surface area contributed by atoms with E-state index in [1.807, 2.05) is 35.7 Å². The molecular formula is C19H23N5O2S. The molecular weight excluding hydrogens is 362 g/mol. The maximum atomic E-state index is 5.81. The van der Waals surface area contributed by atoms with Crippen LogP contribution in [0.1, 0.15) is 6.42 Å². The highest BCUT2D eigenvalue weighted by molar-refractivity contribution is 7.13. The molecule has 3 rings (SSSR count). The van der Waals surface area contributed by atoms with E-state index in [1.165, 1.54) is 0 Å². The Kier molecular flexibility index (Phi) is 7.52. The Morgan fingerprint density at radius 3 is 2.89 bits per heavy atom. The van der Waals surface area contributed by atoms with Crippen LogP contribution in [0.2, 0.25) is 0 Å². The summed E-state index contributed by atoms with van der Waals surface area (Å²) < 4.78 is 10.8. The van der Waals surface area contributed by atoms with Crippen molar-refractivity contribution in [2.75, 3.05) is 38.7 Å². The van der Waals surface area contributed by atoms with E-state index in [4.69, 9.17) is 9.47 Å². The highest BCUT2D eigenvalue weighted by Crippen LogP contribution is 2.23. The lowest BCUT2D eigenvalue weighted by molar-refractivity contribution is 0.198. The fourth-order valence-corrected chi connectivity index (χ4v) is 2.97. The maximum absolute atomic E-state index is 5.81. The molecule has 2 aromatic heterocycles. The number of hydrogen-bond donors (Lipinski definition) is 2. The normalized spacial score (nSPS) is 10.7. The summed E-state index contributed by atoms with van der Waals surface area (Å²) in [5.41, 5.74) is 1.68. The van der Waals surface area contributed by atoms with E-state index in [0.717, 1.165) is 48.3 Å². The molecule has 27 heavy (non-hydrogen) atoms. The average Bonchev–Trinajstić information content (AvgIpc) is 3.23. The fraction of sp³-hybridized carbons (Fsp3) is 0.316. The Balaban J connectivity index is 1.51. The van der Waals surface area contributed by atoms with Crippen molar-refractivity contribution in [2.45, 2.75) is 6.42 Å². The van der Waals surface area contributed by atoms with Crippen molar-refractivity contribution in [2.24, 2.45) is 0 Å². The molecule has 142 valence electrons. The Bertz CT molecular complexity index is 813. The Morgan fingerprint density at radius 1 is 1.07 bits per heavy atom. The van der Waals surface area contributed by atoms with Gasteiger partial charge in [-0.15, -0.1) is 11.3 Å². The van der Waals surface area contributed by atoms with Crippen LogP contribution in [0.4, 0.5) is 11.6 Å². The van der Waals surface area contributed by atoms with E-state index in [0.29, 0.717) is 12.6 Å². The zero-order chi connectivity index (χ0) is 18.7. The predicted octanol–water partition coefficient (Wildman–Crippen LogP) is 3.35. The summed E-state index contributed by atoms with van der Waals surface area (Å²) in [5, 5.41) is 9.32. The first kappa shape index (κ1) is 19.2. The van der Waals surface area contributed by atoms with Crippen molar-refractivity contribution in [3.05, 3.63) is 48.1 Å². The molecule has 0 radical (unpaired) electrons. The van der Waals surface area contributed by atoms with Crippen molar-refractivity contribution in [1.29, 1.82) is 0 Å². The van der Waals surface area contributed by atoms with Crippen LogP contribution in [0, 0.1) is 0 Å². The number of nitrogens with one attached hydrogen (secondary N) is 2. The SMILES string of the molecule is COCCNCCCOc1cccc(Nc2nccc(-c3nccs3)n2)c1. The van der Waals surface area contributed by atoms with Crippen molar-refractivity contribution in [3.63, 3.8) is 0 Å². The zero-order valence-electron chi connectivity index (χ0n) is 15.2. The molecule has 0 aliphatic heterocycles. The minimum absolute atomic E-state index is 0.530. The van der Waals surface area contributed by atoms with Crippen molar-refractivity contribution in [3.8, 4) is 16.5 Å². The van der Waals surface area contributed by atoms with Crippen LogP contribution in [0.3, 0.4) is 0 Å². The number of aromatic nitrogens is 3. The molecule has 0 saturated heterocycles. The van der Waals surface area contributed by atoms with E-state index in [-0.39, 0.29) is 0 Å². The number of rotatable bonds is 11. The van der Waals surface area contributed by atoms with Crippen LogP contribution in [-0.2, 0) is 4.74 Å². The zero-order valence-corrected chi connectivity index (χ0v) is 16.0. The van der Waals surface area contributed by atoms with Crippen LogP contribution in [0.15, 0.2) is 48.1 Å². The van der Waals surface area contributed by atoms with Gasteiger partial charge in [0, 0.05) is 43.2 Å². The first-order valence-corrected chi connectivity index (χ1v) is 9.65. The summed E-state index contributed by atoms with van der Waals surface area (Å²) in [5.74, 6) is 1.34. The molecule has 2 N–H and O–H groups in total. The van der Waals surface area contributed by atoms with Gasteiger partial charge in [-0.05, 0) is 31.2 Å². The molecule has 0 fully saturated rings. The molecule has 0 unspecified atom stereocenters. The predicted molar refractivity (Wildman–Crippen MR) is 108 cm³/mol. The smallest absolute Gasteiger partial charge is 0.227 e. The second-order valence-electron chi connectivity index (χ2n) is 5.70. The summed E-state index contributed by atoms with van der Waals surface area (Å²) in [4.78, 5) is 13.1. The standard InChI is InChI=1S/C19H23N5O2S/c1-25-12-9-20-7-3-11-26-16-5-2-4-15(14-16)23-19-22-8-6-17(24-19)18-21-10-13-27-18/h2,4-6,8,10,13-14,20H,3,7,9,11-12H2,1H3,(H,22,23,24). The van der Waals surface area contributed by atoms with Crippen LogP contribution < -0.4 is 15.4 Å². The van der Waals surface area contributed by atoms with E-state index in [1.54, 1.807) is 30.8 Å². The molecule has 0 aliphatic carbocycles. The van der Waals surface area contributed by atoms with Gasteiger partial charge in [0.25, 0.3) is 0 Å². The Labute approximate surface area is 162 Å². The van der Waals surface area contributed by atoms with E-state index >= 15 is 0 Å². The molecule has 0 bridgehead atoms. The third-order valence-electron chi connectivity index (χ3n) is 3.65. The summed E-state index contributed by atoms with van der Waals surface area (Å²) in [6.45, 7) is 3.13. The fourth-order valence-electron chi connectivity index (χ4n) is 2.37. The second-order valence-corrected chi connectivity index (χ2v) is 6.59. The van der Waals surface area contributed by atoms with Crippen LogP contribution >= 0.6 is 11.3 Å². The monoisotopic (exact) mass is 385 g/mol. The Hall–Kier alpha value is -2.55. The minimum Gasteiger partial charge on any atom is -0.493 e. The number of thiazole rings is 1. The molecule has 8 heteroatoms. The van der Waals surface area contributed by atoms with Gasteiger partial charge in [-0.2, -0.15) is 0 Å². The molecule has 0 spiro atoms. The first-order chi connectivity index (χ1) is 13.3. The number of hydrogen-bond acceptors (Lipinski definition) is 8. The number of methoxy groups -OCH3 is 1. The van der Waals surface area contributed by atoms with Gasteiger partial charge in [-0.1, -0.05) is 6.07 Å². The lowest BCUT2D eigenvalue weighted by atomic mass is 10.3. The molecule has 0 aliphatic rings. The van der Waals surface area contributed by atoms with E-state index in [2.05, 4.69) is 25.6 Å².